The van der Waals surface area contributed by atoms with Gasteiger partial charge in [0.1, 0.15) is 0 Å². The van der Waals surface area contributed by atoms with E-state index in [0.717, 1.165) is 5.56 Å². The van der Waals surface area contributed by atoms with E-state index >= 15 is 0 Å². The lowest BCUT2D eigenvalue weighted by molar-refractivity contribution is 0.861. The third kappa shape index (κ3) is 1.65. The predicted molar refractivity (Wildman–Crippen MR) is 69.9 cm³/mol. The van der Waals surface area contributed by atoms with E-state index in [0.29, 0.717) is 15.8 Å². The number of hydrogen-bond donors (Lipinski definition) is 1. The van der Waals surface area contributed by atoms with Crippen LogP contribution in [0.5, 0.6) is 0 Å². The lowest BCUT2D eigenvalue weighted by Crippen LogP contribution is -2.19. The van der Waals surface area contributed by atoms with Crippen molar-refractivity contribution < 1.29 is 0 Å². The van der Waals surface area contributed by atoms with Crippen LogP contribution in [0.1, 0.15) is 0 Å². The normalized spacial score (nSPS) is 10.7. The second-order valence-electron chi connectivity index (χ2n) is 3.57. The first kappa shape index (κ1) is 10.8. The SMILES string of the molecule is CNc1nn2c(=O)c(-c3ccccc3)nnc2s1. The quantitative estimate of drug-likeness (QED) is 0.750. The molecule has 0 aliphatic heterocycles. The van der Waals surface area contributed by atoms with E-state index in [2.05, 4.69) is 20.6 Å². The molecule has 0 unspecified atom stereocenters. The molecular weight excluding hydrogens is 250 g/mol. The largest absolute Gasteiger partial charge is 0.363 e. The third-order valence-corrected chi connectivity index (χ3v) is 3.37. The Hall–Kier alpha value is -2.28. The Morgan fingerprint density at radius 1 is 1.22 bits per heavy atom. The summed E-state index contributed by atoms with van der Waals surface area (Å²) in [5.41, 5.74) is 0.786. The molecule has 3 rings (SSSR count). The number of nitrogens with one attached hydrogen (secondary N) is 1. The number of fused-ring (bicyclic) bond motifs is 1. The molecule has 0 saturated carbocycles. The van der Waals surface area contributed by atoms with Crippen molar-refractivity contribution >= 4 is 21.4 Å². The molecule has 0 spiro atoms. The molecule has 1 N–H and O–H groups in total. The van der Waals surface area contributed by atoms with Crippen molar-refractivity contribution in [3.05, 3.63) is 40.7 Å². The van der Waals surface area contributed by atoms with E-state index in [1.807, 2.05) is 30.3 Å². The van der Waals surface area contributed by atoms with E-state index in [-0.39, 0.29) is 5.56 Å². The maximum atomic E-state index is 12.2. The van der Waals surface area contributed by atoms with Crippen LogP contribution in [0.3, 0.4) is 0 Å². The van der Waals surface area contributed by atoms with Crippen LogP contribution in [0.25, 0.3) is 16.2 Å². The van der Waals surface area contributed by atoms with Gasteiger partial charge in [-0.05, 0) is 0 Å². The van der Waals surface area contributed by atoms with Gasteiger partial charge in [0.05, 0.1) is 0 Å². The van der Waals surface area contributed by atoms with Crippen LogP contribution >= 0.6 is 11.3 Å². The maximum Gasteiger partial charge on any atom is 0.302 e. The summed E-state index contributed by atoms with van der Waals surface area (Å²) in [5.74, 6) is 0. The molecule has 0 fully saturated rings. The highest BCUT2D eigenvalue weighted by atomic mass is 32.1. The topological polar surface area (TPSA) is 72.2 Å². The fourth-order valence-electron chi connectivity index (χ4n) is 1.59. The molecule has 1 aromatic carbocycles. The first-order chi connectivity index (χ1) is 8.79. The van der Waals surface area contributed by atoms with E-state index in [1.54, 1.807) is 7.05 Å². The van der Waals surface area contributed by atoms with E-state index in [4.69, 9.17) is 0 Å². The molecular formula is C11H9N5OS. The summed E-state index contributed by atoms with van der Waals surface area (Å²) in [7, 11) is 1.74. The fourth-order valence-corrected chi connectivity index (χ4v) is 2.28. The van der Waals surface area contributed by atoms with Gasteiger partial charge in [-0.25, -0.2) is 0 Å². The summed E-state index contributed by atoms with van der Waals surface area (Å²) in [6, 6.07) is 9.23. The zero-order chi connectivity index (χ0) is 12.5. The van der Waals surface area contributed by atoms with Gasteiger partial charge in [0.2, 0.25) is 10.1 Å². The molecule has 0 amide bonds. The molecule has 2 heterocycles. The molecule has 0 aliphatic carbocycles. The Kier molecular flexibility index (Phi) is 2.52. The van der Waals surface area contributed by atoms with Gasteiger partial charge in [-0.15, -0.1) is 15.3 Å². The average molecular weight is 259 g/mol. The van der Waals surface area contributed by atoms with Gasteiger partial charge in [-0.3, -0.25) is 4.79 Å². The minimum Gasteiger partial charge on any atom is -0.363 e. The van der Waals surface area contributed by atoms with E-state index in [1.165, 1.54) is 15.9 Å². The molecule has 7 heteroatoms. The number of anilines is 1. The maximum absolute atomic E-state index is 12.2. The second kappa shape index (κ2) is 4.19. The van der Waals surface area contributed by atoms with Crippen molar-refractivity contribution in [3.63, 3.8) is 0 Å². The van der Waals surface area contributed by atoms with Crippen LogP contribution in [0.2, 0.25) is 0 Å². The molecule has 0 atom stereocenters. The highest BCUT2D eigenvalue weighted by Gasteiger charge is 2.12. The van der Waals surface area contributed by atoms with Crippen LogP contribution < -0.4 is 10.9 Å². The van der Waals surface area contributed by atoms with E-state index < -0.39 is 0 Å². The van der Waals surface area contributed by atoms with Crippen LogP contribution in [-0.4, -0.2) is 26.9 Å². The van der Waals surface area contributed by atoms with Gasteiger partial charge >= 0.3 is 5.56 Å². The zero-order valence-electron chi connectivity index (χ0n) is 9.49. The summed E-state index contributed by atoms with van der Waals surface area (Å²) < 4.78 is 1.27. The first-order valence-corrected chi connectivity index (χ1v) is 6.11. The van der Waals surface area contributed by atoms with Crippen molar-refractivity contribution in [3.8, 4) is 11.3 Å². The van der Waals surface area contributed by atoms with Gasteiger partial charge in [-0.1, -0.05) is 41.7 Å². The molecule has 6 nitrogen and oxygen atoms in total. The van der Waals surface area contributed by atoms with Crippen molar-refractivity contribution in [2.75, 3.05) is 12.4 Å². The molecule has 90 valence electrons. The Labute approximate surface area is 106 Å². The summed E-state index contributed by atoms with van der Waals surface area (Å²) in [4.78, 5) is 12.7. The Balaban J connectivity index is 2.27. The van der Waals surface area contributed by atoms with Crippen LogP contribution in [0, 0.1) is 0 Å². The van der Waals surface area contributed by atoms with Gasteiger partial charge < -0.3 is 5.32 Å². The highest BCUT2D eigenvalue weighted by Crippen LogP contribution is 2.17. The minimum absolute atomic E-state index is 0.260. The number of nitrogens with zero attached hydrogens (tertiary/aromatic N) is 4. The third-order valence-electron chi connectivity index (χ3n) is 2.45. The Morgan fingerprint density at radius 2 is 2.00 bits per heavy atom. The van der Waals surface area contributed by atoms with Crippen molar-refractivity contribution in [2.24, 2.45) is 0 Å². The van der Waals surface area contributed by atoms with Crippen LogP contribution in [-0.2, 0) is 0 Å². The predicted octanol–water partition coefficient (Wildman–Crippen LogP) is 1.25. The van der Waals surface area contributed by atoms with Gasteiger partial charge in [0.15, 0.2) is 5.69 Å². The van der Waals surface area contributed by atoms with Gasteiger partial charge in [-0.2, -0.15) is 4.52 Å². The number of hydrogen-bond acceptors (Lipinski definition) is 6. The smallest absolute Gasteiger partial charge is 0.302 e. The molecule has 3 aromatic rings. The van der Waals surface area contributed by atoms with Crippen molar-refractivity contribution in [1.29, 1.82) is 0 Å². The summed E-state index contributed by atoms with van der Waals surface area (Å²) in [6.07, 6.45) is 0. The summed E-state index contributed by atoms with van der Waals surface area (Å²) >= 11 is 1.28. The number of benzene rings is 1. The monoisotopic (exact) mass is 259 g/mol. The zero-order valence-corrected chi connectivity index (χ0v) is 10.3. The minimum atomic E-state index is -0.260. The first-order valence-electron chi connectivity index (χ1n) is 5.29. The molecule has 0 bridgehead atoms. The highest BCUT2D eigenvalue weighted by molar-refractivity contribution is 7.20. The summed E-state index contributed by atoms with van der Waals surface area (Å²) in [5, 5.41) is 15.6. The van der Waals surface area contributed by atoms with Gasteiger partial charge in [0.25, 0.3) is 0 Å². The van der Waals surface area contributed by atoms with E-state index in [9.17, 15) is 4.79 Å². The van der Waals surface area contributed by atoms with Crippen molar-refractivity contribution in [2.45, 2.75) is 0 Å². The Morgan fingerprint density at radius 3 is 2.72 bits per heavy atom. The summed E-state index contributed by atoms with van der Waals surface area (Å²) in [6.45, 7) is 0. The molecule has 2 aromatic heterocycles. The average Bonchev–Trinajstić information content (AvgIpc) is 2.84. The second-order valence-corrected chi connectivity index (χ2v) is 4.53. The standard InChI is InChI=1S/C11H9N5OS/c1-12-10-15-16-9(17)8(13-14-11(16)18-10)7-5-3-2-4-6-7/h2-6H,1H3,(H,12,15). The lowest BCUT2D eigenvalue weighted by atomic mass is 10.2. The molecule has 18 heavy (non-hydrogen) atoms. The number of rotatable bonds is 2. The van der Waals surface area contributed by atoms with Crippen LogP contribution in [0.15, 0.2) is 35.1 Å². The van der Waals surface area contributed by atoms with Crippen LogP contribution in [0.4, 0.5) is 5.13 Å². The number of aromatic nitrogens is 4. The Bertz CT molecular complexity index is 749. The van der Waals surface area contributed by atoms with Gasteiger partial charge in [0, 0.05) is 12.6 Å². The van der Waals surface area contributed by atoms with Crippen molar-refractivity contribution in [1.82, 2.24) is 19.8 Å². The molecule has 0 saturated heterocycles. The fraction of sp³-hybridized carbons (Fsp3) is 0.0909. The molecule has 0 radical (unpaired) electrons. The molecule has 0 aliphatic rings. The lowest BCUT2D eigenvalue weighted by Gasteiger charge is -1.97.